The van der Waals surface area contributed by atoms with Crippen molar-refractivity contribution in [3.05, 3.63) is 12.3 Å². The number of nitrogens with two attached hydrogens (primary N) is 1. The Morgan fingerprint density at radius 3 is 2.88 bits per heavy atom. The molecule has 1 fully saturated rings. The van der Waals surface area contributed by atoms with Crippen LogP contribution in [0.3, 0.4) is 0 Å². The molecule has 1 aliphatic carbocycles. The summed E-state index contributed by atoms with van der Waals surface area (Å²) in [5, 5.41) is 18.1. The molecule has 1 aromatic heterocycles. The molecule has 1 aromatic rings. The zero-order valence-electron chi connectivity index (χ0n) is 8.84. The lowest BCUT2D eigenvalue weighted by Gasteiger charge is -2.11. The summed E-state index contributed by atoms with van der Waals surface area (Å²) in [6.45, 7) is 0. The van der Waals surface area contributed by atoms with Crippen LogP contribution in [0.15, 0.2) is 17.4 Å². The van der Waals surface area contributed by atoms with E-state index in [1.807, 2.05) is 0 Å². The summed E-state index contributed by atoms with van der Waals surface area (Å²) in [6.07, 6.45) is 2.92. The Bertz CT molecular complexity index is 447. The molecule has 7 nitrogen and oxygen atoms in total. The Kier molecular flexibility index (Phi) is 2.30. The zero-order chi connectivity index (χ0) is 11.8. The highest BCUT2D eigenvalue weighted by molar-refractivity contribution is 6.14. The number of nitrogens with zero attached hydrogens (tertiary/aromatic N) is 3. The van der Waals surface area contributed by atoms with Crippen molar-refractivity contribution in [1.82, 2.24) is 9.78 Å². The molecule has 1 heterocycles. The number of anilines is 1. The molecule has 86 valence electrons. The molecule has 0 aliphatic heterocycles. The first kappa shape index (κ1) is 10.5. The van der Waals surface area contributed by atoms with Gasteiger partial charge < -0.3 is 16.3 Å². The first-order valence-corrected chi connectivity index (χ1v) is 4.87. The first-order chi connectivity index (χ1) is 7.58. The minimum atomic E-state index is -0.841. The second kappa shape index (κ2) is 3.51. The van der Waals surface area contributed by atoms with E-state index in [1.54, 1.807) is 24.0 Å². The van der Waals surface area contributed by atoms with Crippen LogP contribution in [0.4, 0.5) is 5.82 Å². The molecule has 2 rings (SSSR count). The van der Waals surface area contributed by atoms with Gasteiger partial charge in [0.2, 0.25) is 5.91 Å². The quantitative estimate of drug-likeness (QED) is 0.287. The van der Waals surface area contributed by atoms with E-state index in [2.05, 4.69) is 15.6 Å². The topological polar surface area (TPSA) is 106 Å². The third kappa shape index (κ3) is 1.60. The molecular weight excluding hydrogens is 210 g/mol. The lowest BCUT2D eigenvalue weighted by molar-refractivity contribution is -0.119. The number of hydrogen-bond acceptors (Lipinski definition) is 4. The molecule has 1 saturated carbocycles. The van der Waals surface area contributed by atoms with Crippen molar-refractivity contribution in [3.63, 3.8) is 0 Å². The summed E-state index contributed by atoms with van der Waals surface area (Å²) in [5.74, 6) is 0.145. The predicted octanol–water partition coefficient (Wildman–Crippen LogP) is -0.115. The van der Waals surface area contributed by atoms with Gasteiger partial charge in [0.15, 0.2) is 11.7 Å². The van der Waals surface area contributed by atoms with Crippen molar-refractivity contribution < 1.29 is 10.0 Å². The third-order valence-corrected chi connectivity index (χ3v) is 2.74. The number of aryl methyl sites for hydroxylation is 1. The highest BCUT2D eigenvalue weighted by atomic mass is 16.4. The van der Waals surface area contributed by atoms with Gasteiger partial charge >= 0.3 is 0 Å². The second-order valence-electron chi connectivity index (χ2n) is 3.90. The molecule has 0 radical (unpaired) electrons. The first-order valence-electron chi connectivity index (χ1n) is 4.87. The normalized spacial score (nSPS) is 18.2. The largest absolute Gasteiger partial charge is 0.409 e. The van der Waals surface area contributed by atoms with Crippen molar-refractivity contribution in [2.24, 2.45) is 23.4 Å². The molecule has 7 heteroatoms. The van der Waals surface area contributed by atoms with Crippen LogP contribution in [-0.4, -0.2) is 26.7 Å². The van der Waals surface area contributed by atoms with Gasteiger partial charge in [0, 0.05) is 19.3 Å². The van der Waals surface area contributed by atoms with Gasteiger partial charge in [0.25, 0.3) is 0 Å². The summed E-state index contributed by atoms with van der Waals surface area (Å²) in [6, 6.07) is 1.68. The number of amidine groups is 1. The number of nitrogens with one attached hydrogen (secondary N) is 1. The monoisotopic (exact) mass is 223 g/mol. The van der Waals surface area contributed by atoms with E-state index in [9.17, 15) is 4.79 Å². The van der Waals surface area contributed by atoms with Crippen LogP contribution in [0, 0.1) is 5.41 Å². The fourth-order valence-corrected chi connectivity index (χ4v) is 1.54. The Morgan fingerprint density at radius 1 is 1.75 bits per heavy atom. The summed E-state index contributed by atoms with van der Waals surface area (Å²) in [4.78, 5) is 11.9. The summed E-state index contributed by atoms with van der Waals surface area (Å²) >= 11 is 0. The van der Waals surface area contributed by atoms with Crippen LogP contribution in [0.25, 0.3) is 0 Å². The Hall–Kier alpha value is -2.05. The molecule has 0 atom stereocenters. The number of amides is 1. The van der Waals surface area contributed by atoms with Gasteiger partial charge in [0.1, 0.15) is 5.41 Å². The third-order valence-electron chi connectivity index (χ3n) is 2.74. The predicted molar refractivity (Wildman–Crippen MR) is 56.9 cm³/mol. The molecule has 0 unspecified atom stereocenters. The highest BCUT2D eigenvalue weighted by Crippen LogP contribution is 2.46. The molecular formula is C9H13N5O2. The summed E-state index contributed by atoms with van der Waals surface area (Å²) < 4.78 is 1.58. The average Bonchev–Trinajstić information content (AvgIpc) is 2.98. The molecule has 0 saturated heterocycles. The van der Waals surface area contributed by atoms with E-state index in [0.29, 0.717) is 18.7 Å². The number of hydrogen-bond donors (Lipinski definition) is 3. The van der Waals surface area contributed by atoms with E-state index >= 15 is 0 Å². The summed E-state index contributed by atoms with van der Waals surface area (Å²) in [5.41, 5.74) is 4.65. The maximum atomic E-state index is 11.9. The number of carbonyl (C=O) groups is 1. The smallest absolute Gasteiger partial charge is 0.239 e. The minimum Gasteiger partial charge on any atom is -0.409 e. The van der Waals surface area contributed by atoms with Gasteiger partial charge in [-0.05, 0) is 12.8 Å². The van der Waals surface area contributed by atoms with Crippen LogP contribution in [-0.2, 0) is 11.8 Å². The van der Waals surface area contributed by atoms with E-state index in [-0.39, 0.29) is 11.7 Å². The van der Waals surface area contributed by atoms with Gasteiger partial charge in [-0.3, -0.25) is 9.48 Å². The molecule has 0 bridgehead atoms. The van der Waals surface area contributed by atoms with Crippen LogP contribution >= 0.6 is 0 Å². The van der Waals surface area contributed by atoms with Crippen LogP contribution in [0.5, 0.6) is 0 Å². The van der Waals surface area contributed by atoms with Crippen molar-refractivity contribution in [3.8, 4) is 0 Å². The van der Waals surface area contributed by atoms with Gasteiger partial charge in [-0.15, -0.1) is 0 Å². The number of carbonyl (C=O) groups excluding carboxylic acids is 1. The molecule has 4 N–H and O–H groups in total. The van der Waals surface area contributed by atoms with Crippen molar-refractivity contribution >= 4 is 17.6 Å². The summed E-state index contributed by atoms with van der Waals surface area (Å²) in [7, 11) is 1.76. The number of rotatable bonds is 3. The lowest BCUT2D eigenvalue weighted by atomic mass is 10.1. The lowest BCUT2D eigenvalue weighted by Crippen LogP contribution is -2.36. The van der Waals surface area contributed by atoms with Gasteiger partial charge in [-0.1, -0.05) is 5.16 Å². The fraction of sp³-hybridized carbons (Fsp3) is 0.444. The van der Waals surface area contributed by atoms with E-state index in [4.69, 9.17) is 10.9 Å². The van der Waals surface area contributed by atoms with Crippen molar-refractivity contribution in [2.45, 2.75) is 12.8 Å². The maximum Gasteiger partial charge on any atom is 0.239 e. The van der Waals surface area contributed by atoms with Gasteiger partial charge in [-0.2, -0.15) is 5.10 Å². The van der Waals surface area contributed by atoms with Gasteiger partial charge in [0.05, 0.1) is 0 Å². The molecule has 1 amide bonds. The van der Waals surface area contributed by atoms with E-state index < -0.39 is 5.41 Å². The van der Waals surface area contributed by atoms with Crippen LogP contribution < -0.4 is 11.1 Å². The van der Waals surface area contributed by atoms with Crippen LogP contribution in [0.2, 0.25) is 0 Å². The fourth-order valence-electron chi connectivity index (χ4n) is 1.54. The number of aromatic nitrogens is 2. The highest BCUT2D eigenvalue weighted by Gasteiger charge is 2.54. The Morgan fingerprint density at radius 2 is 2.44 bits per heavy atom. The van der Waals surface area contributed by atoms with E-state index in [0.717, 1.165) is 0 Å². The molecule has 0 spiro atoms. The maximum absolute atomic E-state index is 11.9. The molecule has 0 aromatic carbocycles. The molecule has 1 aliphatic rings. The van der Waals surface area contributed by atoms with Crippen molar-refractivity contribution in [2.75, 3.05) is 5.32 Å². The second-order valence-corrected chi connectivity index (χ2v) is 3.90. The van der Waals surface area contributed by atoms with Gasteiger partial charge in [-0.25, -0.2) is 0 Å². The number of oxime groups is 1. The Balaban J connectivity index is 2.10. The van der Waals surface area contributed by atoms with E-state index in [1.165, 1.54) is 0 Å². The molecule has 16 heavy (non-hydrogen) atoms. The standard InChI is InChI=1S/C9H13N5O2/c1-14-5-2-6(12-14)11-8(15)9(3-4-9)7(10)13-16/h2,5,16H,3-4H2,1H3,(H2,10,13)(H,11,12,15). The minimum absolute atomic E-state index is 0.0408. The SMILES string of the molecule is Cn1ccc(NC(=O)C2(/C(N)=N/O)CC2)n1. The average molecular weight is 223 g/mol. The van der Waals surface area contributed by atoms with Crippen LogP contribution in [0.1, 0.15) is 12.8 Å². The Labute approximate surface area is 91.9 Å². The van der Waals surface area contributed by atoms with Crippen molar-refractivity contribution in [1.29, 1.82) is 0 Å². The zero-order valence-corrected chi connectivity index (χ0v) is 8.84.